The van der Waals surface area contributed by atoms with E-state index in [4.69, 9.17) is 9.72 Å². The van der Waals surface area contributed by atoms with Gasteiger partial charge in [-0.3, -0.25) is 9.36 Å². The van der Waals surface area contributed by atoms with Crippen molar-refractivity contribution in [2.75, 3.05) is 4.90 Å². The molecule has 0 N–H and O–H groups in total. The van der Waals surface area contributed by atoms with E-state index in [1.54, 1.807) is 12.1 Å². The van der Waals surface area contributed by atoms with Gasteiger partial charge in [-0.2, -0.15) is 0 Å². The number of fused-ring (bicyclic) bond motifs is 1. The minimum Gasteiger partial charge on any atom is -0.407 e. The molecule has 0 aliphatic carbocycles. The zero-order valence-electron chi connectivity index (χ0n) is 19.7. The molecule has 0 spiro atoms. The highest BCUT2D eigenvalue weighted by Crippen LogP contribution is 2.35. The summed E-state index contributed by atoms with van der Waals surface area (Å²) in [6.07, 6.45) is 2.89. The summed E-state index contributed by atoms with van der Waals surface area (Å²) in [7, 11) is 0. The maximum Gasteiger partial charge on any atom is 0.309 e. The molecule has 35 heavy (non-hydrogen) atoms. The summed E-state index contributed by atoms with van der Waals surface area (Å²) in [5, 5.41) is 0. The molecule has 176 valence electrons. The van der Waals surface area contributed by atoms with Gasteiger partial charge in [0, 0.05) is 37.2 Å². The standard InChI is InChI=1S/C29H26FN3O2/c1-20-9-8-10-22(15-20)16-27-29(35-21(2)34)33-19-32(25-12-4-3-5-13-25)18-24(28(33)31-27)17-23-11-6-7-14-26(23)30/h3-15,18H,16-17,19H2,1-2H3. The van der Waals surface area contributed by atoms with E-state index in [9.17, 15) is 9.18 Å². The van der Waals surface area contributed by atoms with Crippen molar-refractivity contribution < 1.29 is 13.9 Å². The van der Waals surface area contributed by atoms with Crippen LogP contribution in [-0.2, 0) is 24.3 Å². The largest absolute Gasteiger partial charge is 0.407 e. The summed E-state index contributed by atoms with van der Waals surface area (Å²) >= 11 is 0. The van der Waals surface area contributed by atoms with Crippen LogP contribution in [0.5, 0.6) is 5.88 Å². The number of nitrogens with zero attached hydrogens (tertiary/aromatic N) is 3. The molecule has 0 radical (unpaired) electrons. The van der Waals surface area contributed by atoms with Gasteiger partial charge in [0.15, 0.2) is 0 Å². The highest BCUT2D eigenvalue weighted by molar-refractivity contribution is 5.73. The Morgan fingerprint density at radius 2 is 1.77 bits per heavy atom. The number of para-hydroxylation sites is 1. The van der Waals surface area contributed by atoms with Gasteiger partial charge in [0.25, 0.3) is 0 Å². The molecule has 2 heterocycles. The number of anilines is 1. The second kappa shape index (κ2) is 9.58. The Hall–Kier alpha value is -4.19. The Morgan fingerprint density at radius 1 is 1.00 bits per heavy atom. The third-order valence-electron chi connectivity index (χ3n) is 6.00. The van der Waals surface area contributed by atoms with E-state index in [1.807, 2.05) is 72.3 Å². The zero-order chi connectivity index (χ0) is 24.4. The third-order valence-corrected chi connectivity index (χ3v) is 6.00. The van der Waals surface area contributed by atoms with Crippen molar-refractivity contribution in [2.45, 2.75) is 33.4 Å². The number of aryl methyl sites for hydroxylation is 1. The van der Waals surface area contributed by atoms with Crippen LogP contribution in [0.4, 0.5) is 10.1 Å². The van der Waals surface area contributed by atoms with Crippen LogP contribution in [-0.4, -0.2) is 15.5 Å². The SMILES string of the molecule is CC(=O)Oc1c(Cc2cccc(C)c2)nc2n1CN(c1ccccc1)C=C2Cc1ccccc1F. The molecule has 1 aliphatic rings. The quantitative estimate of drug-likeness (QED) is 0.331. The summed E-state index contributed by atoms with van der Waals surface area (Å²) in [6.45, 7) is 3.86. The molecule has 0 atom stereocenters. The fraction of sp³-hybridized carbons (Fsp3) is 0.172. The van der Waals surface area contributed by atoms with Gasteiger partial charge in [0.2, 0.25) is 5.88 Å². The normalized spacial score (nSPS) is 12.8. The van der Waals surface area contributed by atoms with Gasteiger partial charge in [0.1, 0.15) is 24.0 Å². The summed E-state index contributed by atoms with van der Waals surface area (Å²) in [5.41, 5.74) is 5.30. The van der Waals surface area contributed by atoms with E-state index in [2.05, 4.69) is 11.0 Å². The first-order chi connectivity index (χ1) is 17.0. The third kappa shape index (κ3) is 4.87. The molecule has 1 aromatic heterocycles. The van der Waals surface area contributed by atoms with E-state index < -0.39 is 5.97 Å². The summed E-state index contributed by atoms with van der Waals surface area (Å²) in [5.74, 6) is 0.437. The van der Waals surface area contributed by atoms with Gasteiger partial charge in [-0.1, -0.05) is 66.2 Å². The van der Waals surface area contributed by atoms with E-state index in [0.717, 1.165) is 22.4 Å². The lowest BCUT2D eigenvalue weighted by Gasteiger charge is -2.29. The van der Waals surface area contributed by atoms with Crippen LogP contribution in [0.25, 0.3) is 5.57 Å². The maximum atomic E-state index is 14.6. The van der Waals surface area contributed by atoms with Gasteiger partial charge in [-0.25, -0.2) is 9.37 Å². The molecule has 4 aromatic rings. The number of allylic oxidation sites excluding steroid dienone is 1. The van der Waals surface area contributed by atoms with Gasteiger partial charge < -0.3 is 9.64 Å². The van der Waals surface area contributed by atoms with Crippen molar-refractivity contribution in [3.63, 3.8) is 0 Å². The number of halogens is 1. The van der Waals surface area contributed by atoms with Crippen molar-refractivity contribution in [2.24, 2.45) is 0 Å². The van der Waals surface area contributed by atoms with Crippen LogP contribution < -0.4 is 9.64 Å². The monoisotopic (exact) mass is 467 g/mol. The Bertz CT molecular complexity index is 1410. The molecule has 3 aromatic carbocycles. The highest BCUT2D eigenvalue weighted by Gasteiger charge is 2.28. The first kappa shape index (κ1) is 22.6. The van der Waals surface area contributed by atoms with Gasteiger partial charge in [-0.05, 0) is 36.2 Å². The molecular weight excluding hydrogens is 441 g/mol. The first-order valence-corrected chi connectivity index (χ1v) is 11.6. The van der Waals surface area contributed by atoms with Crippen LogP contribution in [0.2, 0.25) is 0 Å². The fourth-order valence-corrected chi connectivity index (χ4v) is 4.43. The van der Waals surface area contributed by atoms with Crippen molar-refractivity contribution in [3.05, 3.63) is 119 Å². The minimum absolute atomic E-state index is 0.261. The number of ether oxygens (including phenoxy) is 1. The number of hydrogen-bond acceptors (Lipinski definition) is 4. The lowest BCUT2D eigenvalue weighted by Crippen LogP contribution is -2.27. The smallest absolute Gasteiger partial charge is 0.309 e. The number of esters is 1. The van der Waals surface area contributed by atoms with Crippen LogP contribution >= 0.6 is 0 Å². The number of imidazole rings is 1. The van der Waals surface area contributed by atoms with Crippen molar-refractivity contribution in [3.8, 4) is 5.88 Å². The topological polar surface area (TPSA) is 47.4 Å². The second-order valence-corrected chi connectivity index (χ2v) is 8.74. The number of benzene rings is 3. The van der Waals surface area contributed by atoms with Crippen LogP contribution in [0.1, 0.15) is 35.1 Å². The fourth-order valence-electron chi connectivity index (χ4n) is 4.43. The molecule has 5 rings (SSSR count). The molecule has 0 unspecified atom stereocenters. The van der Waals surface area contributed by atoms with E-state index in [0.29, 0.717) is 42.5 Å². The van der Waals surface area contributed by atoms with Crippen LogP contribution in [0, 0.1) is 12.7 Å². The first-order valence-electron chi connectivity index (χ1n) is 11.6. The molecule has 0 bridgehead atoms. The number of carbonyl (C=O) groups excluding carboxylic acids is 1. The predicted octanol–water partition coefficient (Wildman–Crippen LogP) is 5.91. The molecular formula is C29H26FN3O2. The van der Waals surface area contributed by atoms with Crippen molar-refractivity contribution in [1.29, 1.82) is 0 Å². The number of aromatic nitrogens is 2. The minimum atomic E-state index is -0.408. The average Bonchev–Trinajstić information content (AvgIpc) is 3.17. The van der Waals surface area contributed by atoms with Crippen LogP contribution in [0.15, 0.2) is 85.1 Å². The van der Waals surface area contributed by atoms with Crippen molar-refractivity contribution >= 4 is 17.2 Å². The molecule has 0 fully saturated rings. The molecule has 0 saturated heterocycles. The molecule has 1 aliphatic heterocycles. The summed E-state index contributed by atoms with van der Waals surface area (Å²) < 4.78 is 22.2. The van der Waals surface area contributed by atoms with Gasteiger partial charge in [0.05, 0.1) is 0 Å². The predicted molar refractivity (Wildman–Crippen MR) is 135 cm³/mol. The van der Waals surface area contributed by atoms with Gasteiger partial charge >= 0.3 is 5.97 Å². The van der Waals surface area contributed by atoms with E-state index in [1.165, 1.54) is 13.0 Å². The molecule has 0 saturated carbocycles. The Morgan fingerprint density at radius 3 is 2.51 bits per heavy atom. The van der Waals surface area contributed by atoms with E-state index >= 15 is 0 Å². The zero-order valence-corrected chi connectivity index (χ0v) is 19.7. The Labute approximate surface area is 204 Å². The summed E-state index contributed by atoms with van der Waals surface area (Å²) in [4.78, 5) is 19.1. The second-order valence-electron chi connectivity index (χ2n) is 8.74. The highest BCUT2D eigenvalue weighted by atomic mass is 19.1. The molecule has 0 amide bonds. The lowest BCUT2D eigenvalue weighted by molar-refractivity contribution is -0.132. The number of hydrogen-bond donors (Lipinski definition) is 0. The van der Waals surface area contributed by atoms with E-state index in [-0.39, 0.29) is 5.82 Å². The van der Waals surface area contributed by atoms with Gasteiger partial charge in [-0.15, -0.1) is 0 Å². The molecule has 5 nitrogen and oxygen atoms in total. The lowest BCUT2D eigenvalue weighted by atomic mass is 10.0. The molecule has 6 heteroatoms. The van der Waals surface area contributed by atoms with Crippen LogP contribution in [0.3, 0.4) is 0 Å². The summed E-state index contributed by atoms with van der Waals surface area (Å²) in [6, 6.07) is 24.9. The Balaban J connectivity index is 1.62. The Kier molecular flexibility index (Phi) is 6.19. The average molecular weight is 468 g/mol. The maximum absolute atomic E-state index is 14.6. The van der Waals surface area contributed by atoms with Crippen molar-refractivity contribution in [1.82, 2.24) is 9.55 Å². The number of carbonyl (C=O) groups is 1. The number of rotatable bonds is 6.